The van der Waals surface area contributed by atoms with E-state index >= 15 is 0 Å². The summed E-state index contributed by atoms with van der Waals surface area (Å²) in [5.74, 6) is -5.73. The SMILES string of the molecule is C=C(C)C(=O)O.C=C(CCCOC(=O)c1ccccc1C(=O)O)C(=O)O.C=CC(=O)O.C=CCCC(=O)O.O=S(=O)(O)C=Cc1ccccc1.[H-].[H-].[H-].[H-].[Na+].[Na+].[Na+].[Na+]. The standard InChI is InChI=1S/C14H14O6.C8H8O3S.C5H8O2.C4H6O2.C3H4O2.4Na.4H/c1-9(12(15)16)5-4-8-20-14(19)11-7-3-2-6-10(11)13(17)18;9-12(10,11)7-6-8-4-2-1-3-5-8;1-2-3-4-5(6)7;1-3(2)4(5)6;1-2-3(4)5;;;;;;;;/h2-3,6-7H,1,4-5,8H2,(H,15,16)(H,17,18);1-7H,(H,9,10,11);2H,1,3-4H2,(H,6,7);1H2,2H3,(H,5,6);2H,1H2,(H,4,5);;;;;;;;/q;;;;;4*+1;4*-1. The monoisotopic (exact) mass is 816 g/mol. The molecule has 2 aromatic rings. The molecule has 0 unspecified atom stereocenters. The number of aromatic carboxylic acids is 1. The van der Waals surface area contributed by atoms with Gasteiger partial charge in [-0.05, 0) is 50.0 Å². The first kappa shape index (κ1) is 66.7. The van der Waals surface area contributed by atoms with Crippen molar-refractivity contribution in [1.29, 1.82) is 0 Å². The molecule has 2 aromatic carbocycles. The van der Waals surface area contributed by atoms with Gasteiger partial charge in [0.05, 0.1) is 23.1 Å². The molecule has 6 N–H and O–H groups in total. The summed E-state index contributed by atoms with van der Waals surface area (Å²) in [7, 11) is -4.00. The molecule has 0 amide bonds. The molecule has 0 aliphatic rings. The zero-order chi connectivity index (χ0) is 39.3. The first-order valence-electron chi connectivity index (χ1n) is 13.9. The molecule has 0 spiro atoms. The molecule has 280 valence electrons. The van der Waals surface area contributed by atoms with Crippen molar-refractivity contribution in [2.45, 2.75) is 32.6 Å². The molecule has 0 bridgehead atoms. The van der Waals surface area contributed by atoms with Crippen LogP contribution < -0.4 is 118 Å². The van der Waals surface area contributed by atoms with Crippen LogP contribution in [0.1, 0.15) is 64.6 Å². The van der Waals surface area contributed by atoms with Gasteiger partial charge in [0.25, 0.3) is 10.1 Å². The van der Waals surface area contributed by atoms with Crippen LogP contribution in [0.5, 0.6) is 0 Å². The third kappa shape index (κ3) is 44.3. The average molecular weight is 817 g/mol. The maximum Gasteiger partial charge on any atom is 1.00 e. The van der Waals surface area contributed by atoms with E-state index < -0.39 is 45.9 Å². The molecule has 0 aliphatic heterocycles. The first-order valence-corrected chi connectivity index (χ1v) is 15.4. The van der Waals surface area contributed by atoms with Crippen molar-refractivity contribution in [3.05, 3.63) is 126 Å². The van der Waals surface area contributed by atoms with Crippen molar-refractivity contribution in [3.8, 4) is 0 Å². The minimum Gasteiger partial charge on any atom is -1.00 e. The number of allylic oxidation sites excluding steroid dienone is 1. The Bertz CT molecular complexity index is 1640. The average Bonchev–Trinajstić information content (AvgIpc) is 3.05. The normalized spacial score (nSPS) is 8.78. The van der Waals surface area contributed by atoms with Crippen molar-refractivity contribution in [2.75, 3.05) is 6.61 Å². The third-order valence-corrected chi connectivity index (χ3v) is 5.35. The van der Waals surface area contributed by atoms with Gasteiger partial charge in [0.1, 0.15) is 0 Å². The molecule has 54 heavy (non-hydrogen) atoms. The Labute approximate surface area is 408 Å². The predicted molar refractivity (Wildman–Crippen MR) is 189 cm³/mol. The van der Waals surface area contributed by atoms with Gasteiger partial charge in [-0.3, -0.25) is 9.35 Å². The van der Waals surface area contributed by atoms with Gasteiger partial charge in [-0.2, -0.15) is 8.42 Å². The number of carboxylic acids is 5. The summed E-state index contributed by atoms with van der Waals surface area (Å²) in [6.45, 7) is 14.3. The summed E-state index contributed by atoms with van der Waals surface area (Å²) in [5, 5.41) is 41.8. The summed E-state index contributed by atoms with van der Waals surface area (Å²) in [4.78, 5) is 61.7. The van der Waals surface area contributed by atoms with Gasteiger partial charge < -0.3 is 36.0 Å². The molecule has 0 atom stereocenters. The second-order valence-electron chi connectivity index (χ2n) is 9.08. The Kier molecular flexibility index (Phi) is 50.0. The number of benzene rings is 2. The van der Waals surface area contributed by atoms with Crippen LogP contribution in [0, 0.1) is 0 Å². The van der Waals surface area contributed by atoms with E-state index in [4.69, 9.17) is 34.8 Å². The number of carbonyl (C=O) groups excluding carboxylic acids is 1. The second-order valence-corrected chi connectivity index (χ2v) is 10.4. The molecule has 2 rings (SSSR count). The van der Waals surface area contributed by atoms with Crippen LogP contribution in [-0.2, 0) is 34.0 Å². The van der Waals surface area contributed by atoms with E-state index in [2.05, 4.69) is 26.3 Å². The van der Waals surface area contributed by atoms with Crippen LogP contribution in [0.2, 0.25) is 0 Å². The molecule has 0 saturated heterocycles. The molecular weight excluding hydrogens is 772 g/mol. The number of carboxylic acid groups (broad SMARTS) is 5. The van der Waals surface area contributed by atoms with E-state index in [0.29, 0.717) is 12.8 Å². The summed E-state index contributed by atoms with van der Waals surface area (Å²) in [5.41, 5.74) is 0.779. The fraction of sp³-hybridized carbons (Fsp3) is 0.176. The molecule has 0 fully saturated rings. The minimum absolute atomic E-state index is 0. The van der Waals surface area contributed by atoms with E-state index in [0.717, 1.165) is 17.0 Å². The van der Waals surface area contributed by atoms with E-state index in [1.54, 1.807) is 30.3 Å². The second kappa shape index (κ2) is 40.5. The van der Waals surface area contributed by atoms with Crippen molar-refractivity contribution < 1.29 is 196 Å². The van der Waals surface area contributed by atoms with Crippen LogP contribution in [0.4, 0.5) is 0 Å². The third-order valence-electron chi connectivity index (χ3n) is 4.87. The van der Waals surface area contributed by atoms with Gasteiger partial charge >= 0.3 is 154 Å². The number of esters is 1. The quantitative estimate of drug-likeness (QED) is 0.0259. The molecule has 0 radical (unpaired) electrons. The Morgan fingerprint density at radius 2 is 1.20 bits per heavy atom. The maximum atomic E-state index is 11.7. The number of aliphatic carboxylic acids is 4. The van der Waals surface area contributed by atoms with Crippen LogP contribution in [0.3, 0.4) is 0 Å². The molecular formula is C34H44Na4O15S. The van der Waals surface area contributed by atoms with E-state index in [1.807, 2.05) is 6.07 Å². The van der Waals surface area contributed by atoms with Crippen molar-refractivity contribution in [1.82, 2.24) is 0 Å². The van der Waals surface area contributed by atoms with Gasteiger partial charge in [-0.1, -0.05) is 68.3 Å². The summed E-state index contributed by atoms with van der Waals surface area (Å²) in [6.07, 6.45) is 5.03. The largest absolute Gasteiger partial charge is 1.00 e. The summed E-state index contributed by atoms with van der Waals surface area (Å²) >= 11 is 0. The Hall–Kier alpha value is -2.13. The first-order chi connectivity index (χ1) is 23.2. The number of hydrogen-bond acceptors (Lipinski definition) is 9. The Balaban J connectivity index is -0.0000000562. The van der Waals surface area contributed by atoms with Crippen molar-refractivity contribution in [3.63, 3.8) is 0 Å². The number of ether oxygens (including phenoxy) is 1. The zero-order valence-electron chi connectivity index (χ0n) is 35.1. The summed E-state index contributed by atoms with van der Waals surface area (Å²) in [6, 6.07) is 14.6. The van der Waals surface area contributed by atoms with Crippen LogP contribution >= 0.6 is 0 Å². The number of hydrogen-bond donors (Lipinski definition) is 6. The molecule has 0 aromatic heterocycles. The molecule has 15 nitrogen and oxygen atoms in total. The van der Waals surface area contributed by atoms with E-state index in [9.17, 15) is 37.2 Å². The molecule has 20 heteroatoms. The fourth-order valence-electron chi connectivity index (χ4n) is 2.44. The topological polar surface area (TPSA) is 267 Å². The zero-order valence-corrected chi connectivity index (χ0v) is 40.0. The Morgan fingerprint density at radius 3 is 1.54 bits per heavy atom. The van der Waals surface area contributed by atoms with E-state index in [-0.39, 0.29) is 166 Å². The van der Waals surface area contributed by atoms with Gasteiger partial charge in [0, 0.05) is 23.6 Å². The van der Waals surface area contributed by atoms with Gasteiger partial charge in [-0.25, -0.2) is 24.0 Å². The predicted octanol–water partition coefficient (Wildman–Crippen LogP) is -6.09. The van der Waals surface area contributed by atoms with Gasteiger partial charge in [0.15, 0.2) is 0 Å². The van der Waals surface area contributed by atoms with Gasteiger partial charge in [0.2, 0.25) is 0 Å². The van der Waals surface area contributed by atoms with E-state index in [1.165, 1.54) is 37.3 Å². The fourth-order valence-corrected chi connectivity index (χ4v) is 2.77. The van der Waals surface area contributed by atoms with Crippen LogP contribution in [-0.4, -0.2) is 80.9 Å². The smallest absolute Gasteiger partial charge is 1.00 e. The maximum absolute atomic E-state index is 11.7. The van der Waals surface area contributed by atoms with Crippen LogP contribution in [0.25, 0.3) is 6.08 Å². The minimum atomic E-state index is -4.00. The van der Waals surface area contributed by atoms with Crippen molar-refractivity contribution >= 4 is 52.0 Å². The molecule has 0 heterocycles. The number of carbonyl (C=O) groups is 6. The molecule has 0 aliphatic carbocycles. The Morgan fingerprint density at radius 1 is 0.759 bits per heavy atom. The van der Waals surface area contributed by atoms with Gasteiger partial charge in [-0.15, -0.1) is 6.58 Å². The number of rotatable bonds is 14. The summed E-state index contributed by atoms with van der Waals surface area (Å²) < 4.78 is 33.8. The van der Waals surface area contributed by atoms with Crippen LogP contribution in [0.15, 0.2) is 110 Å². The molecule has 0 saturated carbocycles. The van der Waals surface area contributed by atoms with Crippen molar-refractivity contribution in [2.24, 2.45) is 0 Å².